The minimum Gasteiger partial charge on any atom is -0.496 e. The van der Waals surface area contributed by atoms with Gasteiger partial charge in [-0.25, -0.2) is 0 Å². The Hall–Kier alpha value is -1.42. The molecule has 0 aliphatic heterocycles. The largest absolute Gasteiger partial charge is 0.496 e. The lowest BCUT2D eigenvalue weighted by molar-refractivity contribution is 0.228. The molecule has 0 spiro atoms. The standard InChI is InChI=1S/C14H23NO3/c1-10(2)18-14-9-12(16-4)11(6-7-15-3)8-13(14)17-5/h8-10,15H,6-7H2,1-5H3. The smallest absolute Gasteiger partial charge is 0.165 e. The van der Waals surface area contributed by atoms with Crippen LogP contribution in [0.3, 0.4) is 0 Å². The zero-order chi connectivity index (χ0) is 13.5. The van der Waals surface area contributed by atoms with Crippen molar-refractivity contribution >= 4 is 0 Å². The fourth-order valence-corrected chi connectivity index (χ4v) is 1.73. The maximum Gasteiger partial charge on any atom is 0.165 e. The van der Waals surface area contributed by atoms with Gasteiger partial charge in [0.05, 0.1) is 20.3 Å². The molecule has 18 heavy (non-hydrogen) atoms. The van der Waals surface area contributed by atoms with Gasteiger partial charge >= 0.3 is 0 Å². The summed E-state index contributed by atoms with van der Waals surface area (Å²) in [6.45, 7) is 4.87. The van der Waals surface area contributed by atoms with E-state index in [0.717, 1.165) is 35.8 Å². The second-order valence-corrected chi connectivity index (χ2v) is 4.34. The predicted molar refractivity (Wildman–Crippen MR) is 72.9 cm³/mol. The number of benzene rings is 1. The van der Waals surface area contributed by atoms with E-state index in [9.17, 15) is 0 Å². The first-order valence-electron chi connectivity index (χ1n) is 6.18. The van der Waals surface area contributed by atoms with E-state index in [2.05, 4.69) is 5.32 Å². The van der Waals surface area contributed by atoms with Crippen LogP contribution in [-0.2, 0) is 6.42 Å². The van der Waals surface area contributed by atoms with Crippen LogP contribution in [0, 0.1) is 0 Å². The maximum absolute atomic E-state index is 5.72. The Morgan fingerprint density at radius 3 is 2.22 bits per heavy atom. The summed E-state index contributed by atoms with van der Waals surface area (Å²) in [5.41, 5.74) is 1.11. The Balaban J connectivity index is 3.06. The zero-order valence-corrected chi connectivity index (χ0v) is 11.9. The van der Waals surface area contributed by atoms with Crippen molar-refractivity contribution in [1.82, 2.24) is 5.32 Å². The van der Waals surface area contributed by atoms with Crippen molar-refractivity contribution < 1.29 is 14.2 Å². The summed E-state index contributed by atoms with van der Waals surface area (Å²) in [7, 11) is 5.25. The van der Waals surface area contributed by atoms with Gasteiger partial charge in [-0.3, -0.25) is 0 Å². The Labute approximate surface area is 109 Å². The molecule has 0 saturated heterocycles. The van der Waals surface area contributed by atoms with Gasteiger partial charge < -0.3 is 19.5 Å². The molecule has 0 amide bonds. The lowest BCUT2D eigenvalue weighted by Gasteiger charge is -2.17. The molecule has 0 aliphatic rings. The lowest BCUT2D eigenvalue weighted by atomic mass is 10.1. The van der Waals surface area contributed by atoms with Gasteiger partial charge in [-0.05, 0) is 45.5 Å². The van der Waals surface area contributed by atoms with E-state index >= 15 is 0 Å². The summed E-state index contributed by atoms with van der Waals surface area (Å²) in [6.07, 6.45) is 0.990. The van der Waals surface area contributed by atoms with Crippen LogP contribution in [0.15, 0.2) is 12.1 Å². The highest BCUT2D eigenvalue weighted by Gasteiger charge is 2.13. The van der Waals surface area contributed by atoms with Crippen molar-refractivity contribution in [3.63, 3.8) is 0 Å². The molecule has 0 atom stereocenters. The van der Waals surface area contributed by atoms with Crippen LogP contribution in [0.2, 0.25) is 0 Å². The summed E-state index contributed by atoms with van der Waals surface area (Å²) in [5, 5.41) is 3.12. The molecule has 1 rings (SSSR count). The van der Waals surface area contributed by atoms with Gasteiger partial charge in [-0.2, -0.15) is 0 Å². The van der Waals surface area contributed by atoms with Crippen LogP contribution in [0.5, 0.6) is 17.2 Å². The van der Waals surface area contributed by atoms with Gasteiger partial charge in [-0.1, -0.05) is 0 Å². The van der Waals surface area contributed by atoms with Crippen LogP contribution < -0.4 is 19.5 Å². The van der Waals surface area contributed by atoms with E-state index < -0.39 is 0 Å². The summed E-state index contributed by atoms with van der Waals surface area (Å²) in [5.74, 6) is 2.30. The topological polar surface area (TPSA) is 39.7 Å². The number of ether oxygens (including phenoxy) is 3. The number of methoxy groups -OCH3 is 2. The second-order valence-electron chi connectivity index (χ2n) is 4.34. The van der Waals surface area contributed by atoms with Gasteiger partial charge in [-0.15, -0.1) is 0 Å². The van der Waals surface area contributed by atoms with Crippen molar-refractivity contribution in [3.05, 3.63) is 17.7 Å². The molecule has 1 aromatic rings. The van der Waals surface area contributed by atoms with Gasteiger partial charge in [0.25, 0.3) is 0 Å². The molecular formula is C14H23NO3. The van der Waals surface area contributed by atoms with Crippen LogP contribution in [0.4, 0.5) is 0 Å². The molecule has 1 aromatic carbocycles. The number of likely N-dealkylation sites (N-methyl/N-ethyl adjacent to an activating group) is 1. The minimum absolute atomic E-state index is 0.103. The molecule has 0 aliphatic carbocycles. The Morgan fingerprint density at radius 2 is 1.72 bits per heavy atom. The highest BCUT2D eigenvalue weighted by Crippen LogP contribution is 2.35. The third-order valence-corrected chi connectivity index (χ3v) is 2.57. The molecule has 4 nitrogen and oxygen atoms in total. The SMILES string of the molecule is CNCCc1cc(OC)c(OC(C)C)cc1OC. The number of hydrogen-bond donors (Lipinski definition) is 1. The predicted octanol–water partition coefficient (Wildman–Crippen LogP) is 2.25. The summed E-state index contributed by atoms with van der Waals surface area (Å²) in [4.78, 5) is 0. The molecule has 4 heteroatoms. The zero-order valence-electron chi connectivity index (χ0n) is 11.9. The molecule has 0 bridgehead atoms. The van der Waals surface area contributed by atoms with Crippen molar-refractivity contribution in [2.45, 2.75) is 26.4 Å². The first kappa shape index (κ1) is 14.6. The first-order valence-corrected chi connectivity index (χ1v) is 6.18. The van der Waals surface area contributed by atoms with E-state index in [-0.39, 0.29) is 6.10 Å². The normalized spacial score (nSPS) is 10.6. The van der Waals surface area contributed by atoms with Gasteiger partial charge in [0.2, 0.25) is 0 Å². The number of hydrogen-bond acceptors (Lipinski definition) is 4. The van der Waals surface area contributed by atoms with Crippen LogP contribution in [0.1, 0.15) is 19.4 Å². The highest BCUT2D eigenvalue weighted by molar-refractivity contribution is 5.51. The van der Waals surface area contributed by atoms with E-state index in [4.69, 9.17) is 14.2 Å². The van der Waals surface area contributed by atoms with Crippen molar-refractivity contribution in [1.29, 1.82) is 0 Å². The Kier molecular flexibility index (Phi) is 5.78. The molecule has 0 heterocycles. The monoisotopic (exact) mass is 253 g/mol. The molecular weight excluding hydrogens is 230 g/mol. The third kappa shape index (κ3) is 3.81. The molecule has 0 saturated carbocycles. The quantitative estimate of drug-likeness (QED) is 0.809. The maximum atomic E-state index is 5.72. The van der Waals surface area contributed by atoms with Crippen LogP contribution >= 0.6 is 0 Å². The van der Waals surface area contributed by atoms with E-state index in [0.29, 0.717) is 0 Å². The van der Waals surface area contributed by atoms with Crippen molar-refractivity contribution in [2.24, 2.45) is 0 Å². The first-order chi connectivity index (χ1) is 8.62. The Morgan fingerprint density at radius 1 is 1.06 bits per heavy atom. The van der Waals surface area contributed by atoms with Crippen LogP contribution in [0.25, 0.3) is 0 Å². The number of rotatable bonds is 7. The average molecular weight is 253 g/mol. The average Bonchev–Trinajstić information content (AvgIpc) is 2.35. The fraction of sp³-hybridized carbons (Fsp3) is 0.571. The lowest BCUT2D eigenvalue weighted by Crippen LogP contribution is -2.12. The van der Waals surface area contributed by atoms with Crippen LogP contribution in [-0.4, -0.2) is 33.9 Å². The van der Waals surface area contributed by atoms with E-state index in [1.54, 1.807) is 14.2 Å². The van der Waals surface area contributed by atoms with Gasteiger partial charge in [0.15, 0.2) is 11.5 Å². The van der Waals surface area contributed by atoms with Gasteiger partial charge in [0, 0.05) is 6.07 Å². The van der Waals surface area contributed by atoms with E-state index in [1.165, 1.54) is 0 Å². The fourth-order valence-electron chi connectivity index (χ4n) is 1.73. The summed E-state index contributed by atoms with van der Waals surface area (Å²) < 4.78 is 16.5. The highest BCUT2D eigenvalue weighted by atomic mass is 16.5. The summed E-state index contributed by atoms with van der Waals surface area (Å²) in [6, 6.07) is 3.87. The molecule has 1 N–H and O–H groups in total. The number of nitrogens with one attached hydrogen (secondary N) is 1. The second kappa shape index (κ2) is 7.11. The molecule has 0 fully saturated rings. The molecule has 0 unspecified atom stereocenters. The molecule has 0 radical (unpaired) electrons. The van der Waals surface area contributed by atoms with Crippen molar-refractivity contribution in [3.8, 4) is 17.2 Å². The summed E-state index contributed by atoms with van der Waals surface area (Å²) >= 11 is 0. The minimum atomic E-state index is 0.103. The molecule has 0 aromatic heterocycles. The third-order valence-electron chi connectivity index (χ3n) is 2.57. The van der Waals surface area contributed by atoms with E-state index in [1.807, 2.05) is 33.0 Å². The molecule has 102 valence electrons. The van der Waals surface area contributed by atoms with Gasteiger partial charge in [0.1, 0.15) is 5.75 Å². The Bertz CT molecular complexity index is 378. The van der Waals surface area contributed by atoms with Crippen molar-refractivity contribution in [2.75, 3.05) is 27.8 Å².